The van der Waals surface area contributed by atoms with Gasteiger partial charge < -0.3 is 24.4 Å². The van der Waals surface area contributed by atoms with Crippen molar-refractivity contribution >= 4 is 16.9 Å². The second-order valence-electron chi connectivity index (χ2n) is 7.13. The van der Waals surface area contributed by atoms with E-state index in [4.69, 9.17) is 19.3 Å². The smallest absolute Gasteiger partial charge is 0.335 e. The quantitative estimate of drug-likeness (QED) is 0.355. The molecule has 0 unspecified atom stereocenters. The predicted molar refractivity (Wildman–Crippen MR) is 134 cm³/mol. The van der Waals surface area contributed by atoms with Gasteiger partial charge in [0.15, 0.2) is 14.7 Å². The molecule has 180 valence electrons. The maximum Gasteiger partial charge on any atom is 0.335 e. The summed E-state index contributed by atoms with van der Waals surface area (Å²) in [7, 11) is 4.83. The average molecular weight is 491 g/mol. The molecule has 0 radical (unpaired) electrons. The molecule has 4 rings (SSSR count). The lowest BCUT2D eigenvalue weighted by atomic mass is 10.2. The minimum absolute atomic E-state index is 0.178. The SMILES string of the molecule is COc1ccc([S+](c2ccc(OC)cc2)c2ccc(OC)cc2)cc1.O=C(O)c1ccccc1[O-]. The molecule has 0 saturated heterocycles. The topological polar surface area (TPSA) is 88.1 Å². The van der Waals surface area contributed by atoms with Crippen LogP contribution in [0.4, 0.5) is 0 Å². The summed E-state index contributed by atoms with van der Waals surface area (Å²) in [5.41, 5.74) is -0.178. The summed E-state index contributed by atoms with van der Waals surface area (Å²) in [5.74, 6) is 0.950. The number of para-hydroxylation sites is 1. The lowest BCUT2D eigenvalue weighted by Gasteiger charge is -2.10. The summed E-state index contributed by atoms with van der Waals surface area (Å²) in [6.07, 6.45) is 0. The Balaban J connectivity index is 0.000000287. The highest BCUT2D eigenvalue weighted by Gasteiger charge is 2.28. The first-order valence-corrected chi connectivity index (χ1v) is 11.8. The molecule has 6 nitrogen and oxygen atoms in total. The maximum atomic E-state index is 10.7. The fraction of sp³-hybridized carbons (Fsp3) is 0.107. The van der Waals surface area contributed by atoms with Gasteiger partial charge in [-0.15, -0.1) is 0 Å². The van der Waals surface area contributed by atoms with Crippen LogP contribution in [0.3, 0.4) is 0 Å². The number of hydrogen-bond donors (Lipinski definition) is 1. The van der Waals surface area contributed by atoms with Crippen LogP contribution in [-0.2, 0) is 10.9 Å². The van der Waals surface area contributed by atoms with Crippen LogP contribution in [0.2, 0.25) is 0 Å². The van der Waals surface area contributed by atoms with Crippen molar-refractivity contribution in [3.05, 3.63) is 103 Å². The molecule has 0 atom stereocenters. The van der Waals surface area contributed by atoms with Gasteiger partial charge in [-0.05, 0) is 78.9 Å². The lowest BCUT2D eigenvalue weighted by Crippen LogP contribution is -2.05. The number of methoxy groups -OCH3 is 3. The summed E-state index contributed by atoms with van der Waals surface area (Å²) >= 11 is 0. The first kappa shape index (κ1) is 25.5. The number of benzene rings is 4. The third-order valence-corrected chi connectivity index (χ3v) is 7.23. The van der Waals surface area contributed by atoms with E-state index in [-0.39, 0.29) is 16.5 Å². The molecular weight excluding hydrogens is 464 g/mol. The van der Waals surface area contributed by atoms with Crippen LogP contribution in [0, 0.1) is 0 Å². The molecule has 0 fully saturated rings. The first-order chi connectivity index (χ1) is 17.0. The van der Waals surface area contributed by atoms with Gasteiger partial charge in [0.05, 0.1) is 37.8 Å². The fourth-order valence-electron chi connectivity index (χ4n) is 3.19. The summed E-state index contributed by atoms with van der Waals surface area (Å²) in [5, 5.41) is 19.0. The van der Waals surface area contributed by atoms with E-state index in [1.54, 1.807) is 21.3 Å². The largest absolute Gasteiger partial charge is 0.872 e. The molecule has 0 spiro atoms. The zero-order chi connectivity index (χ0) is 25.2. The minimum atomic E-state index is -1.18. The van der Waals surface area contributed by atoms with Crippen molar-refractivity contribution in [3.63, 3.8) is 0 Å². The summed E-state index contributed by atoms with van der Waals surface area (Å²) in [4.78, 5) is 13.9. The van der Waals surface area contributed by atoms with Gasteiger partial charge in [0.2, 0.25) is 0 Å². The third kappa shape index (κ3) is 6.71. The molecule has 0 aliphatic heterocycles. The monoisotopic (exact) mass is 490 g/mol. The third-order valence-electron chi connectivity index (χ3n) is 5.00. The number of hydrogen-bond acceptors (Lipinski definition) is 5. The van der Waals surface area contributed by atoms with Crippen LogP contribution in [0.5, 0.6) is 23.0 Å². The van der Waals surface area contributed by atoms with E-state index in [0.29, 0.717) is 0 Å². The molecule has 0 aromatic heterocycles. The van der Waals surface area contributed by atoms with E-state index in [2.05, 4.69) is 36.4 Å². The van der Waals surface area contributed by atoms with Crippen molar-refractivity contribution in [1.82, 2.24) is 0 Å². The van der Waals surface area contributed by atoms with Crippen molar-refractivity contribution in [2.75, 3.05) is 21.3 Å². The predicted octanol–water partition coefficient (Wildman–Crippen LogP) is 5.27. The van der Waals surface area contributed by atoms with Gasteiger partial charge in [-0.3, -0.25) is 0 Å². The van der Waals surface area contributed by atoms with Gasteiger partial charge in [-0.25, -0.2) is 4.79 Å². The Labute approximate surface area is 207 Å². The number of carboxylic acids is 1. The van der Waals surface area contributed by atoms with E-state index in [0.717, 1.165) is 17.2 Å². The van der Waals surface area contributed by atoms with E-state index in [1.807, 2.05) is 36.4 Å². The number of aromatic carboxylic acids is 1. The van der Waals surface area contributed by atoms with Crippen LogP contribution in [-0.4, -0.2) is 32.4 Å². The molecule has 0 amide bonds. The first-order valence-electron chi connectivity index (χ1n) is 10.6. The van der Waals surface area contributed by atoms with Crippen LogP contribution in [0.25, 0.3) is 0 Å². The molecule has 7 heteroatoms. The highest BCUT2D eigenvalue weighted by Crippen LogP contribution is 2.33. The number of rotatable bonds is 7. The van der Waals surface area contributed by atoms with Crippen LogP contribution in [0.1, 0.15) is 10.4 Å². The van der Waals surface area contributed by atoms with Crippen molar-refractivity contribution in [2.24, 2.45) is 0 Å². The Morgan fingerprint density at radius 1 is 0.629 bits per heavy atom. The Bertz CT molecular complexity index is 1110. The molecule has 0 heterocycles. The van der Waals surface area contributed by atoms with E-state index in [1.165, 1.54) is 39.0 Å². The van der Waals surface area contributed by atoms with Crippen molar-refractivity contribution in [2.45, 2.75) is 14.7 Å². The van der Waals surface area contributed by atoms with Crippen LogP contribution >= 0.6 is 0 Å². The Morgan fingerprint density at radius 2 is 0.971 bits per heavy atom. The normalized spacial score (nSPS) is 10.2. The highest BCUT2D eigenvalue weighted by molar-refractivity contribution is 7.97. The maximum absolute atomic E-state index is 10.7. The molecule has 0 bridgehead atoms. The minimum Gasteiger partial charge on any atom is -0.872 e. The standard InChI is InChI=1S/C21H21O3S.C7H6O3/c1-22-16-4-10-19(11-5-16)25(20-12-6-17(23-2)7-13-20)21-14-8-18(24-3)9-15-21;8-6-4-2-1-3-5(6)7(9)10/h4-15H,1-3H3;1-4,8H,(H,9,10)/q+1;/p-1. The summed E-state index contributed by atoms with van der Waals surface area (Å²) in [6.45, 7) is 0. The van der Waals surface area contributed by atoms with Crippen molar-refractivity contribution in [3.8, 4) is 23.0 Å². The van der Waals surface area contributed by atoms with Gasteiger partial charge in [0, 0.05) is 0 Å². The molecular formula is C28H26O6S. The second-order valence-corrected chi connectivity index (χ2v) is 9.16. The van der Waals surface area contributed by atoms with Gasteiger partial charge >= 0.3 is 5.97 Å². The van der Waals surface area contributed by atoms with Gasteiger partial charge in [0.25, 0.3) is 0 Å². The Kier molecular flexibility index (Phi) is 9.03. The van der Waals surface area contributed by atoms with Crippen LogP contribution < -0.4 is 19.3 Å². The number of ether oxygens (including phenoxy) is 3. The van der Waals surface area contributed by atoms with Gasteiger partial charge in [-0.2, -0.15) is 0 Å². The summed E-state index contributed by atoms with van der Waals surface area (Å²) in [6, 6.07) is 30.3. The molecule has 0 aliphatic rings. The number of carbonyl (C=O) groups is 1. The van der Waals surface area contributed by atoms with Crippen LogP contribution in [0.15, 0.2) is 112 Å². The van der Waals surface area contributed by atoms with Crippen molar-refractivity contribution < 1.29 is 29.2 Å². The number of carboxylic acid groups (broad SMARTS) is 1. The molecule has 35 heavy (non-hydrogen) atoms. The molecule has 0 saturated carbocycles. The molecule has 0 aliphatic carbocycles. The average Bonchev–Trinajstić information content (AvgIpc) is 2.90. The van der Waals surface area contributed by atoms with Gasteiger partial charge in [0.1, 0.15) is 17.2 Å². The second kappa shape index (κ2) is 12.4. The Morgan fingerprint density at radius 3 is 1.23 bits per heavy atom. The lowest BCUT2D eigenvalue weighted by molar-refractivity contribution is -0.268. The fourth-order valence-corrected chi connectivity index (χ4v) is 5.23. The van der Waals surface area contributed by atoms with Crippen molar-refractivity contribution in [1.29, 1.82) is 0 Å². The molecule has 1 N–H and O–H groups in total. The summed E-state index contributed by atoms with van der Waals surface area (Å²) < 4.78 is 15.9. The van der Waals surface area contributed by atoms with E-state index in [9.17, 15) is 9.90 Å². The van der Waals surface area contributed by atoms with E-state index >= 15 is 0 Å². The van der Waals surface area contributed by atoms with E-state index < -0.39 is 11.7 Å². The molecule has 4 aromatic carbocycles. The zero-order valence-electron chi connectivity index (χ0n) is 19.6. The zero-order valence-corrected chi connectivity index (χ0v) is 20.5. The molecule has 4 aromatic rings. The highest BCUT2D eigenvalue weighted by atomic mass is 32.2. The van der Waals surface area contributed by atoms with Gasteiger partial charge in [-0.1, -0.05) is 23.9 Å². The Hall–Kier alpha value is -4.10.